The third kappa shape index (κ3) is 4.40. The van der Waals surface area contributed by atoms with Gasteiger partial charge in [-0.15, -0.1) is 0 Å². The van der Waals surface area contributed by atoms with Crippen LogP contribution in [0.15, 0.2) is 72.9 Å². The Labute approximate surface area is 181 Å². The quantitative estimate of drug-likeness (QED) is 0.467. The number of amides is 1. The van der Waals surface area contributed by atoms with Crippen molar-refractivity contribution in [2.24, 2.45) is 0 Å². The van der Waals surface area contributed by atoms with Gasteiger partial charge >= 0.3 is 0 Å². The normalized spacial score (nSPS) is 14.0. The summed E-state index contributed by atoms with van der Waals surface area (Å²) in [6.45, 7) is 4.25. The maximum absolute atomic E-state index is 13.5. The molecule has 1 saturated heterocycles. The number of pyridine rings is 1. The molecule has 1 amide bonds. The average molecular weight is 416 g/mol. The van der Waals surface area contributed by atoms with Crippen molar-refractivity contribution in [3.8, 4) is 0 Å². The Morgan fingerprint density at radius 3 is 2.00 bits per heavy atom. The molecule has 1 fully saturated rings. The number of piperazine rings is 1. The number of carbonyl (C=O) groups excluding carboxylic acids is 1. The molecule has 158 valence electrons. The van der Waals surface area contributed by atoms with E-state index >= 15 is 0 Å². The van der Waals surface area contributed by atoms with Crippen molar-refractivity contribution in [3.63, 3.8) is 0 Å². The van der Waals surface area contributed by atoms with Crippen LogP contribution >= 0.6 is 0 Å². The SMILES string of the molecule is Cc1cc([N+](=O)[O-])cnc1N1CCN(C(=O)C(c2ccccc2)c2ccccc2)CC1. The van der Waals surface area contributed by atoms with Crippen LogP contribution in [0.1, 0.15) is 22.6 Å². The van der Waals surface area contributed by atoms with E-state index in [-0.39, 0.29) is 17.5 Å². The number of anilines is 1. The zero-order valence-corrected chi connectivity index (χ0v) is 17.3. The van der Waals surface area contributed by atoms with Crippen LogP contribution in [0.2, 0.25) is 0 Å². The van der Waals surface area contributed by atoms with E-state index in [0.29, 0.717) is 26.2 Å². The lowest BCUT2D eigenvalue weighted by Crippen LogP contribution is -2.50. The van der Waals surface area contributed by atoms with Crippen molar-refractivity contribution >= 4 is 17.4 Å². The van der Waals surface area contributed by atoms with E-state index in [0.717, 1.165) is 22.5 Å². The van der Waals surface area contributed by atoms with Crippen molar-refractivity contribution in [1.82, 2.24) is 9.88 Å². The Kier molecular flexibility index (Phi) is 5.93. The van der Waals surface area contributed by atoms with Crippen LogP contribution in [-0.4, -0.2) is 46.9 Å². The summed E-state index contributed by atoms with van der Waals surface area (Å²) in [4.78, 5) is 32.4. The monoisotopic (exact) mass is 416 g/mol. The molecule has 1 aliphatic rings. The molecule has 4 rings (SSSR count). The molecule has 7 nitrogen and oxygen atoms in total. The highest BCUT2D eigenvalue weighted by atomic mass is 16.6. The van der Waals surface area contributed by atoms with Gasteiger partial charge in [0.1, 0.15) is 12.0 Å². The molecule has 0 saturated carbocycles. The number of hydrogen-bond donors (Lipinski definition) is 0. The van der Waals surface area contributed by atoms with Gasteiger partial charge in [-0.3, -0.25) is 14.9 Å². The van der Waals surface area contributed by atoms with E-state index in [4.69, 9.17) is 0 Å². The van der Waals surface area contributed by atoms with Crippen molar-refractivity contribution in [2.45, 2.75) is 12.8 Å². The van der Waals surface area contributed by atoms with Crippen molar-refractivity contribution < 1.29 is 9.72 Å². The largest absolute Gasteiger partial charge is 0.353 e. The third-order valence-corrected chi connectivity index (χ3v) is 5.65. The van der Waals surface area contributed by atoms with Crippen LogP contribution < -0.4 is 4.90 Å². The van der Waals surface area contributed by atoms with E-state index < -0.39 is 4.92 Å². The number of benzene rings is 2. The average Bonchev–Trinajstić information content (AvgIpc) is 2.80. The van der Waals surface area contributed by atoms with Gasteiger partial charge in [0.05, 0.1) is 10.8 Å². The fourth-order valence-corrected chi connectivity index (χ4v) is 4.07. The van der Waals surface area contributed by atoms with Crippen LogP contribution in [0.4, 0.5) is 11.5 Å². The maximum Gasteiger partial charge on any atom is 0.287 e. The predicted octanol–water partition coefficient (Wildman–Crippen LogP) is 3.78. The lowest BCUT2D eigenvalue weighted by molar-refractivity contribution is -0.385. The zero-order chi connectivity index (χ0) is 21.8. The standard InChI is InChI=1S/C24H24N4O3/c1-18-16-21(28(30)31)17-25-23(18)26-12-14-27(15-13-26)24(29)22(19-8-4-2-5-9-19)20-10-6-3-7-11-20/h2-11,16-17,22H,12-15H2,1H3. The number of aryl methyl sites for hydroxylation is 1. The van der Waals surface area contributed by atoms with Crippen LogP contribution in [0.5, 0.6) is 0 Å². The predicted molar refractivity (Wildman–Crippen MR) is 119 cm³/mol. The molecular formula is C24H24N4O3. The molecule has 0 aliphatic carbocycles. The van der Waals surface area contributed by atoms with Crippen LogP contribution in [0.25, 0.3) is 0 Å². The number of carbonyl (C=O) groups is 1. The van der Waals surface area contributed by atoms with Crippen molar-refractivity contribution in [1.29, 1.82) is 0 Å². The molecule has 7 heteroatoms. The number of aromatic nitrogens is 1. The Morgan fingerprint density at radius 1 is 0.968 bits per heavy atom. The molecule has 2 aromatic carbocycles. The molecule has 0 spiro atoms. The Morgan fingerprint density at radius 2 is 1.52 bits per heavy atom. The second kappa shape index (κ2) is 8.95. The van der Waals surface area contributed by atoms with Crippen LogP contribution in [0, 0.1) is 17.0 Å². The summed E-state index contributed by atoms with van der Waals surface area (Å²) in [5, 5.41) is 11.0. The second-order valence-electron chi connectivity index (χ2n) is 7.66. The van der Waals surface area contributed by atoms with E-state index in [1.54, 1.807) is 6.07 Å². The van der Waals surface area contributed by atoms with Gasteiger partial charge in [-0.05, 0) is 23.6 Å². The molecule has 2 heterocycles. The highest BCUT2D eigenvalue weighted by Gasteiger charge is 2.30. The van der Waals surface area contributed by atoms with Gasteiger partial charge in [0, 0.05) is 32.2 Å². The van der Waals surface area contributed by atoms with E-state index in [1.165, 1.54) is 6.20 Å². The van der Waals surface area contributed by atoms with Gasteiger partial charge in [0.25, 0.3) is 5.69 Å². The summed E-state index contributed by atoms with van der Waals surface area (Å²) in [6.07, 6.45) is 1.29. The minimum atomic E-state index is -0.437. The Balaban J connectivity index is 1.51. The Bertz CT molecular complexity index is 1030. The van der Waals surface area contributed by atoms with Crippen molar-refractivity contribution in [3.05, 3.63) is 99.7 Å². The summed E-state index contributed by atoms with van der Waals surface area (Å²) >= 11 is 0. The smallest absolute Gasteiger partial charge is 0.287 e. The summed E-state index contributed by atoms with van der Waals surface area (Å²) < 4.78 is 0. The third-order valence-electron chi connectivity index (χ3n) is 5.65. The summed E-state index contributed by atoms with van der Waals surface area (Å²) in [5.41, 5.74) is 2.71. The lowest BCUT2D eigenvalue weighted by Gasteiger charge is -2.37. The Hall–Kier alpha value is -3.74. The number of nitro groups is 1. The molecule has 3 aromatic rings. The zero-order valence-electron chi connectivity index (χ0n) is 17.3. The van der Waals surface area contributed by atoms with Gasteiger partial charge in [0.2, 0.25) is 5.91 Å². The van der Waals surface area contributed by atoms with Crippen LogP contribution in [0.3, 0.4) is 0 Å². The molecule has 1 aromatic heterocycles. The van der Waals surface area contributed by atoms with Gasteiger partial charge in [-0.2, -0.15) is 0 Å². The highest BCUT2D eigenvalue weighted by Crippen LogP contribution is 2.28. The fraction of sp³-hybridized carbons (Fsp3) is 0.250. The summed E-state index contributed by atoms with van der Waals surface area (Å²) in [6, 6.07) is 21.3. The van der Waals surface area contributed by atoms with Gasteiger partial charge in [-0.1, -0.05) is 60.7 Å². The van der Waals surface area contributed by atoms with E-state index in [2.05, 4.69) is 9.88 Å². The van der Waals surface area contributed by atoms with Crippen molar-refractivity contribution in [2.75, 3.05) is 31.1 Å². The highest BCUT2D eigenvalue weighted by molar-refractivity contribution is 5.87. The molecule has 1 aliphatic heterocycles. The maximum atomic E-state index is 13.5. The number of rotatable bonds is 5. The first-order valence-corrected chi connectivity index (χ1v) is 10.3. The fourth-order valence-electron chi connectivity index (χ4n) is 4.07. The molecule has 0 radical (unpaired) electrons. The van der Waals surface area contributed by atoms with Gasteiger partial charge < -0.3 is 9.80 Å². The van der Waals surface area contributed by atoms with Gasteiger partial charge in [-0.25, -0.2) is 4.98 Å². The minimum Gasteiger partial charge on any atom is -0.353 e. The number of nitrogens with zero attached hydrogens (tertiary/aromatic N) is 4. The first kappa shape index (κ1) is 20.5. The minimum absolute atomic E-state index is 0.0105. The van der Waals surface area contributed by atoms with Gasteiger partial charge in [0.15, 0.2) is 0 Å². The molecule has 0 unspecified atom stereocenters. The molecule has 31 heavy (non-hydrogen) atoms. The first-order chi connectivity index (χ1) is 15.0. The molecule has 0 bridgehead atoms. The first-order valence-electron chi connectivity index (χ1n) is 10.3. The van der Waals surface area contributed by atoms with E-state index in [1.807, 2.05) is 72.5 Å². The summed E-state index contributed by atoms with van der Waals surface area (Å²) in [7, 11) is 0. The summed E-state index contributed by atoms with van der Waals surface area (Å²) in [5.74, 6) is 0.485. The number of hydrogen-bond acceptors (Lipinski definition) is 5. The lowest BCUT2D eigenvalue weighted by atomic mass is 9.90. The second-order valence-corrected chi connectivity index (χ2v) is 7.66. The van der Waals surface area contributed by atoms with Crippen LogP contribution in [-0.2, 0) is 4.79 Å². The topological polar surface area (TPSA) is 79.6 Å². The van der Waals surface area contributed by atoms with E-state index in [9.17, 15) is 14.9 Å². The molecule has 0 N–H and O–H groups in total. The molecule has 0 atom stereocenters. The molecular weight excluding hydrogens is 392 g/mol.